The largest absolute Gasteiger partial charge is 0.398 e. The Morgan fingerprint density at radius 2 is 2.12 bits per heavy atom. The minimum absolute atomic E-state index is 0.185. The highest BCUT2D eigenvalue weighted by atomic mass is 15.4. The van der Waals surface area contributed by atoms with Gasteiger partial charge in [0.05, 0.1) is 6.54 Å². The summed E-state index contributed by atoms with van der Waals surface area (Å²) in [6.45, 7) is 0.745. The molecule has 3 rings (SSSR count). The van der Waals surface area contributed by atoms with E-state index in [2.05, 4.69) is 10.1 Å². The Bertz CT molecular complexity index is 546. The number of aromatic nitrogens is 3. The quantitative estimate of drug-likeness (QED) is 0.708. The zero-order valence-electron chi connectivity index (χ0n) is 9.50. The van der Waals surface area contributed by atoms with E-state index in [0.29, 0.717) is 11.5 Å². The zero-order valence-corrected chi connectivity index (χ0v) is 9.50. The van der Waals surface area contributed by atoms with E-state index in [1.54, 1.807) is 0 Å². The summed E-state index contributed by atoms with van der Waals surface area (Å²) in [5.74, 6) is 1.71. The number of aryl methyl sites for hydroxylation is 1. The molecule has 17 heavy (non-hydrogen) atoms. The minimum Gasteiger partial charge on any atom is -0.398 e. The summed E-state index contributed by atoms with van der Waals surface area (Å²) in [5.41, 5.74) is 13.4. The van der Waals surface area contributed by atoms with Gasteiger partial charge in [-0.2, -0.15) is 5.10 Å². The molecular formula is C12H15N5. The fourth-order valence-electron chi connectivity index (χ4n) is 2.15. The number of anilines is 1. The van der Waals surface area contributed by atoms with Crippen LogP contribution in [0.3, 0.4) is 0 Å². The first kappa shape index (κ1) is 10.3. The number of nitrogen functional groups attached to an aromatic ring is 1. The summed E-state index contributed by atoms with van der Waals surface area (Å²) in [6.07, 6.45) is 1.86. The third-order valence-corrected chi connectivity index (χ3v) is 3.10. The van der Waals surface area contributed by atoms with Crippen LogP contribution in [0.5, 0.6) is 0 Å². The summed E-state index contributed by atoms with van der Waals surface area (Å²) in [4.78, 5) is 4.53. The van der Waals surface area contributed by atoms with Crippen molar-refractivity contribution in [3.05, 3.63) is 30.1 Å². The van der Waals surface area contributed by atoms with Gasteiger partial charge in [0, 0.05) is 23.7 Å². The van der Waals surface area contributed by atoms with Crippen LogP contribution in [0.4, 0.5) is 5.69 Å². The molecule has 0 fully saturated rings. The van der Waals surface area contributed by atoms with Crippen molar-refractivity contribution in [2.24, 2.45) is 5.73 Å². The van der Waals surface area contributed by atoms with E-state index in [1.165, 1.54) is 0 Å². The standard InChI is InChI=1S/C12H15N5/c13-8-5-6-11-15-12(16-17(11)7-8)9-3-1-2-4-10(9)14/h1-4,8H,5-7,13-14H2. The lowest BCUT2D eigenvalue weighted by Gasteiger charge is -2.17. The highest BCUT2D eigenvalue weighted by molar-refractivity contribution is 5.70. The first-order valence-corrected chi connectivity index (χ1v) is 5.78. The Labute approximate surface area is 99.4 Å². The Morgan fingerprint density at radius 1 is 1.29 bits per heavy atom. The molecular weight excluding hydrogens is 214 g/mol. The SMILES string of the molecule is Nc1ccccc1-c1nc2n(n1)CC(N)CC2. The van der Waals surface area contributed by atoms with Crippen LogP contribution in [0.2, 0.25) is 0 Å². The fourth-order valence-corrected chi connectivity index (χ4v) is 2.15. The van der Waals surface area contributed by atoms with Gasteiger partial charge in [0.2, 0.25) is 0 Å². The predicted molar refractivity (Wildman–Crippen MR) is 66.2 cm³/mol. The fraction of sp³-hybridized carbons (Fsp3) is 0.333. The molecule has 0 amide bonds. The number of nitrogens with two attached hydrogens (primary N) is 2. The van der Waals surface area contributed by atoms with Crippen molar-refractivity contribution >= 4 is 5.69 Å². The molecule has 5 heteroatoms. The number of rotatable bonds is 1. The molecule has 1 atom stereocenters. The summed E-state index contributed by atoms with van der Waals surface area (Å²) in [5, 5.41) is 4.48. The van der Waals surface area contributed by atoms with Gasteiger partial charge in [-0.05, 0) is 18.6 Å². The lowest BCUT2D eigenvalue weighted by atomic mass is 10.1. The average molecular weight is 229 g/mol. The van der Waals surface area contributed by atoms with Gasteiger partial charge in [0.1, 0.15) is 5.82 Å². The van der Waals surface area contributed by atoms with E-state index in [-0.39, 0.29) is 6.04 Å². The number of hydrogen-bond acceptors (Lipinski definition) is 4. The Hall–Kier alpha value is -1.88. The van der Waals surface area contributed by atoms with Crippen LogP contribution >= 0.6 is 0 Å². The molecule has 1 aliphatic heterocycles. The highest BCUT2D eigenvalue weighted by Crippen LogP contribution is 2.24. The third-order valence-electron chi connectivity index (χ3n) is 3.10. The van der Waals surface area contributed by atoms with E-state index in [9.17, 15) is 0 Å². The number of benzene rings is 1. The van der Waals surface area contributed by atoms with Crippen LogP contribution in [0.15, 0.2) is 24.3 Å². The molecule has 0 spiro atoms. The van der Waals surface area contributed by atoms with Crippen molar-refractivity contribution in [2.75, 3.05) is 5.73 Å². The maximum atomic E-state index is 5.92. The van der Waals surface area contributed by atoms with E-state index < -0.39 is 0 Å². The van der Waals surface area contributed by atoms with E-state index >= 15 is 0 Å². The molecule has 0 saturated heterocycles. The van der Waals surface area contributed by atoms with E-state index in [4.69, 9.17) is 11.5 Å². The summed E-state index contributed by atoms with van der Waals surface area (Å²) >= 11 is 0. The topological polar surface area (TPSA) is 82.8 Å². The Balaban J connectivity index is 2.03. The van der Waals surface area contributed by atoms with Gasteiger partial charge in [0.25, 0.3) is 0 Å². The van der Waals surface area contributed by atoms with Crippen LogP contribution in [0.1, 0.15) is 12.2 Å². The van der Waals surface area contributed by atoms with Gasteiger partial charge in [-0.25, -0.2) is 9.67 Å². The summed E-state index contributed by atoms with van der Waals surface area (Å²) in [6, 6.07) is 7.84. The van der Waals surface area contributed by atoms with Crippen molar-refractivity contribution in [2.45, 2.75) is 25.4 Å². The highest BCUT2D eigenvalue weighted by Gasteiger charge is 2.19. The molecule has 1 aromatic carbocycles. The molecule has 0 bridgehead atoms. The second-order valence-corrected chi connectivity index (χ2v) is 4.42. The molecule has 2 aromatic rings. The predicted octanol–water partition coefficient (Wildman–Crippen LogP) is 0.801. The van der Waals surface area contributed by atoms with E-state index in [1.807, 2.05) is 28.9 Å². The maximum Gasteiger partial charge on any atom is 0.183 e. The molecule has 1 aliphatic rings. The smallest absolute Gasteiger partial charge is 0.183 e. The van der Waals surface area contributed by atoms with Crippen molar-refractivity contribution in [3.8, 4) is 11.4 Å². The minimum atomic E-state index is 0.185. The second-order valence-electron chi connectivity index (χ2n) is 4.42. The lowest BCUT2D eigenvalue weighted by Crippen LogP contribution is -2.32. The number of fused-ring (bicyclic) bond motifs is 1. The van der Waals surface area contributed by atoms with Crippen LogP contribution in [-0.4, -0.2) is 20.8 Å². The Morgan fingerprint density at radius 3 is 2.94 bits per heavy atom. The Kier molecular flexibility index (Phi) is 2.33. The molecule has 5 nitrogen and oxygen atoms in total. The number of hydrogen-bond donors (Lipinski definition) is 2. The molecule has 1 aromatic heterocycles. The van der Waals surface area contributed by atoms with E-state index in [0.717, 1.165) is 30.8 Å². The van der Waals surface area contributed by atoms with Gasteiger partial charge < -0.3 is 11.5 Å². The molecule has 4 N–H and O–H groups in total. The van der Waals surface area contributed by atoms with Crippen molar-refractivity contribution in [1.29, 1.82) is 0 Å². The first-order chi connectivity index (χ1) is 8.24. The molecule has 1 unspecified atom stereocenters. The summed E-state index contributed by atoms with van der Waals surface area (Å²) < 4.78 is 1.90. The normalized spacial score (nSPS) is 19.0. The van der Waals surface area contributed by atoms with Gasteiger partial charge in [-0.15, -0.1) is 0 Å². The van der Waals surface area contributed by atoms with Gasteiger partial charge in [0.15, 0.2) is 5.82 Å². The third kappa shape index (κ3) is 1.78. The first-order valence-electron chi connectivity index (χ1n) is 5.78. The van der Waals surface area contributed by atoms with Crippen LogP contribution in [-0.2, 0) is 13.0 Å². The maximum absolute atomic E-state index is 5.92. The van der Waals surface area contributed by atoms with Gasteiger partial charge in [-0.3, -0.25) is 0 Å². The zero-order chi connectivity index (χ0) is 11.8. The van der Waals surface area contributed by atoms with Gasteiger partial charge in [-0.1, -0.05) is 12.1 Å². The number of nitrogens with zero attached hydrogens (tertiary/aromatic N) is 3. The monoisotopic (exact) mass is 229 g/mol. The van der Waals surface area contributed by atoms with Crippen molar-refractivity contribution in [3.63, 3.8) is 0 Å². The molecule has 88 valence electrons. The van der Waals surface area contributed by atoms with Crippen LogP contribution < -0.4 is 11.5 Å². The summed E-state index contributed by atoms with van der Waals surface area (Å²) in [7, 11) is 0. The van der Waals surface area contributed by atoms with Crippen molar-refractivity contribution in [1.82, 2.24) is 14.8 Å². The molecule has 0 saturated carbocycles. The second kappa shape index (κ2) is 3.85. The molecule has 0 radical (unpaired) electrons. The average Bonchev–Trinajstić information content (AvgIpc) is 2.72. The molecule has 0 aliphatic carbocycles. The van der Waals surface area contributed by atoms with Crippen molar-refractivity contribution < 1.29 is 0 Å². The lowest BCUT2D eigenvalue weighted by molar-refractivity contribution is 0.422. The van der Waals surface area contributed by atoms with Crippen LogP contribution in [0.25, 0.3) is 11.4 Å². The van der Waals surface area contributed by atoms with Crippen LogP contribution in [0, 0.1) is 0 Å². The molecule has 2 heterocycles. The number of para-hydroxylation sites is 1. The van der Waals surface area contributed by atoms with Gasteiger partial charge >= 0.3 is 0 Å².